The number of pyridine rings is 1. The Bertz CT molecular complexity index is 1410. The maximum atomic E-state index is 14.0. The Hall–Kier alpha value is -2.96. The van der Waals surface area contributed by atoms with Gasteiger partial charge in [-0.2, -0.15) is 0 Å². The molecule has 1 saturated carbocycles. The van der Waals surface area contributed by atoms with Crippen molar-refractivity contribution in [3.8, 4) is 0 Å². The molecule has 1 amide bonds. The summed E-state index contributed by atoms with van der Waals surface area (Å²) in [6.07, 6.45) is 2.09. The number of aromatic nitrogens is 1. The average Bonchev–Trinajstić information content (AvgIpc) is 3.10. The number of hydrogen-bond acceptors (Lipinski definition) is 7. The number of nitrogens with zero attached hydrogens (tertiary/aromatic N) is 2. The van der Waals surface area contributed by atoms with Gasteiger partial charge in [-0.05, 0) is 37.1 Å². The maximum absolute atomic E-state index is 14.0. The zero-order valence-corrected chi connectivity index (χ0v) is 19.1. The van der Waals surface area contributed by atoms with E-state index in [-0.39, 0.29) is 45.7 Å². The van der Waals surface area contributed by atoms with E-state index in [1.807, 2.05) is 0 Å². The molecule has 2 fully saturated rings. The fourth-order valence-corrected chi connectivity index (χ4v) is 5.67. The first-order chi connectivity index (χ1) is 16.0. The molecule has 1 aromatic carbocycles. The molecule has 5 rings (SSSR count). The average molecular weight is 513 g/mol. The minimum absolute atomic E-state index is 0.0633. The lowest BCUT2D eigenvalue weighted by Gasteiger charge is -2.35. The van der Waals surface area contributed by atoms with Crippen molar-refractivity contribution in [1.82, 2.24) is 10.5 Å². The van der Waals surface area contributed by atoms with Gasteiger partial charge in [0.15, 0.2) is 11.6 Å². The van der Waals surface area contributed by atoms with Gasteiger partial charge in [0.05, 0.1) is 21.0 Å². The molecule has 1 spiro atoms. The van der Waals surface area contributed by atoms with Crippen LogP contribution in [0.3, 0.4) is 0 Å². The molecule has 1 saturated heterocycles. The van der Waals surface area contributed by atoms with E-state index in [0.717, 1.165) is 0 Å². The van der Waals surface area contributed by atoms with Crippen LogP contribution in [-0.2, 0) is 10.0 Å². The second-order valence-electron chi connectivity index (χ2n) is 8.57. The molecule has 180 valence electrons. The van der Waals surface area contributed by atoms with E-state index < -0.39 is 27.3 Å². The normalized spacial score (nSPS) is 21.6. The van der Waals surface area contributed by atoms with E-state index in [9.17, 15) is 22.0 Å². The minimum Gasteiger partial charge on any atom is -0.451 e. The summed E-state index contributed by atoms with van der Waals surface area (Å²) in [6, 6.07) is 6.72. The molecule has 3 N–H and O–H groups in total. The monoisotopic (exact) mass is 512 g/mol. The third-order valence-electron chi connectivity index (χ3n) is 6.29. The summed E-state index contributed by atoms with van der Waals surface area (Å²) in [4.78, 5) is 17.3. The van der Waals surface area contributed by atoms with Crippen LogP contribution in [0.25, 0.3) is 11.0 Å². The Labute approximate surface area is 197 Å². The molecule has 0 bridgehead atoms. The Morgan fingerprint density at radius 1 is 1.26 bits per heavy atom. The first kappa shape index (κ1) is 22.8. The number of carbonyl (C=O) groups is 1. The van der Waals surface area contributed by atoms with Gasteiger partial charge in [0.2, 0.25) is 0 Å². The molecule has 0 radical (unpaired) electrons. The van der Waals surface area contributed by atoms with Gasteiger partial charge in [0.25, 0.3) is 15.9 Å². The van der Waals surface area contributed by atoms with Crippen LogP contribution in [0, 0.1) is 5.41 Å². The number of benzene rings is 1. The Morgan fingerprint density at radius 3 is 2.74 bits per heavy atom. The summed E-state index contributed by atoms with van der Waals surface area (Å²) in [5.74, 6) is -3.59. The molecule has 34 heavy (non-hydrogen) atoms. The predicted octanol–water partition coefficient (Wildman–Crippen LogP) is 4.03. The fourth-order valence-electron chi connectivity index (χ4n) is 4.44. The van der Waals surface area contributed by atoms with E-state index in [0.29, 0.717) is 24.8 Å². The highest BCUT2D eigenvalue weighted by Gasteiger charge is 2.71. The number of halogens is 3. The van der Waals surface area contributed by atoms with E-state index >= 15 is 0 Å². The first-order valence-corrected chi connectivity index (χ1v) is 12.2. The molecule has 2 aliphatic rings. The van der Waals surface area contributed by atoms with Crippen LogP contribution < -0.4 is 15.1 Å². The lowest BCUT2D eigenvalue weighted by molar-refractivity contribution is 0.0575. The zero-order chi connectivity index (χ0) is 24.3. The molecular weight excluding hydrogens is 494 g/mol. The van der Waals surface area contributed by atoms with Crippen molar-refractivity contribution in [3.63, 3.8) is 0 Å². The SMILES string of the molecule is O=C(NO)c1cc2ccc(S(=O)(=O)Nc3cc(Cl)cnc3N3CCCC4(C3)CC4(F)F)cc2o1. The zero-order valence-electron chi connectivity index (χ0n) is 17.5. The number of piperidine rings is 1. The maximum Gasteiger partial charge on any atom is 0.310 e. The van der Waals surface area contributed by atoms with Gasteiger partial charge < -0.3 is 9.32 Å². The topological polar surface area (TPSA) is 125 Å². The van der Waals surface area contributed by atoms with Gasteiger partial charge >= 0.3 is 5.91 Å². The van der Waals surface area contributed by atoms with Crippen molar-refractivity contribution >= 4 is 50.0 Å². The quantitative estimate of drug-likeness (QED) is 0.348. The molecule has 1 aliphatic carbocycles. The summed E-state index contributed by atoms with van der Waals surface area (Å²) in [6.45, 7) is 0.520. The van der Waals surface area contributed by atoms with E-state index in [2.05, 4.69) is 9.71 Å². The number of hydroxylamine groups is 1. The molecule has 13 heteroatoms. The molecule has 3 aromatic rings. The fraction of sp³-hybridized carbons (Fsp3) is 0.333. The lowest BCUT2D eigenvalue weighted by Crippen LogP contribution is -2.40. The van der Waals surface area contributed by atoms with Crippen LogP contribution >= 0.6 is 11.6 Å². The number of carbonyl (C=O) groups excluding carboxylic acids is 1. The highest BCUT2D eigenvalue weighted by Crippen LogP contribution is 2.64. The molecule has 3 heterocycles. The summed E-state index contributed by atoms with van der Waals surface area (Å²) in [5, 5.41) is 9.38. The van der Waals surface area contributed by atoms with Crippen molar-refractivity contribution in [2.24, 2.45) is 5.41 Å². The Morgan fingerprint density at radius 2 is 2.03 bits per heavy atom. The standard InChI is InChI=1S/C21H19ClF2N4O5S/c22-13-7-15(18(25-9-13)28-5-1-4-20(11-28)10-21(20,23)24)27-34(31,32)14-3-2-12-6-17(19(29)26-30)33-16(12)8-14/h2-3,6-9,27,30H,1,4-5,10-11H2,(H,26,29). The summed E-state index contributed by atoms with van der Waals surface area (Å²) in [5.41, 5.74) is 0.512. The molecular formula is C21H19ClF2N4O5S. The second kappa shape index (κ2) is 7.79. The van der Waals surface area contributed by atoms with Crippen molar-refractivity contribution in [1.29, 1.82) is 0 Å². The lowest BCUT2D eigenvalue weighted by atomic mass is 9.94. The Balaban J connectivity index is 1.46. The van der Waals surface area contributed by atoms with Crippen LogP contribution in [0.15, 0.2) is 45.8 Å². The van der Waals surface area contributed by atoms with Gasteiger partial charge in [-0.3, -0.25) is 14.7 Å². The number of furan rings is 1. The number of alkyl halides is 2. The van der Waals surface area contributed by atoms with Gasteiger partial charge in [0, 0.05) is 37.2 Å². The van der Waals surface area contributed by atoms with Crippen LogP contribution in [-0.4, -0.2) is 43.5 Å². The molecule has 2 aromatic heterocycles. The van der Waals surface area contributed by atoms with Gasteiger partial charge in [-0.15, -0.1) is 0 Å². The number of amides is 1. The summed E-state index contributed by atoms with van der Waals surface area (Å²) in [7, 11) is -4.17. The number of anilines is 2. The van der Waals surface area contributed by atoms with E-state index in [1.54, 1.807) is 4.90 Å². The number of fused-ring (bicyclic) bond motifs is 1. The van der Waals surface area contributed by atoms with Crippen LogP contribution in [0.4, 0.5) is 20.3 Å². The smallest absolute Gasteiger partial charge is 0.310 e. The number of rotatable bonds is 5. The highest BCUT2D eigenvalue weighted by molar-refractivity contribution is 7.92. The van der Waals surface area contributed by atoms with Crippen molar-refractivity contribution in [2.45, 2.75) is 30.1 Å². The number of sulfonamides is 1. The predicted molar refractivity (Wildman–Crippen MR) is 119 cm³/mol. The second-order valence-corrected chi connectivity index (χ2v) is 10.7. The molecule has 1 aliphatic heterocycles. The highest BCUT2D eigenvalue weighted by atomic mass is 35.5. The first-order valence-electron chi connectivity index (χ1n) is 10.3. The number of nitrogens with one attached hydrogen (secondary N) is 2. The third-order valence-corrected chi connectivity index (χ3v) is 7.86. The molecule has 1 unspecified atom stereocenters. The van der Waals surface area contributed by atoms with Crippen LogP contribution in [0.2, 0.25) is 5.02 Å². The summed E-state index contributed by atoms with van der Waals surface area (Å²) < 4.78 is 62.1. The molecule has 9 nitrogen and oxygen atoms in total. The van der Waals surface area contributed by atoms with Crippen LogP contribution in [0.1, 0.15) is 29.8 Å². The van der Waals surface area contributed by atoms with Crippen LogP contribution in [0.5, 0.6) is 0 Å². The van der Waals surface area contributed by atoms with Gasteiger partial charge in [-0.25, -0.2) is 27.7 Å². The van der Waals surface area contributed by atoms with Gasteiger partial charge in [-0.1, -0.05) is 11.6 Å². The summed E-state index contributed by atoms with van der Waals surface area (Å²) >= 11 is 6.06. The third kappa shape index (κ3) is 3.85. The van der Waals surface area contributed by atoms with Crippen molar-refractivity contribution in [2.75, 3.05) is 22.7 Å². The van der Waals surface area contributed by atoms with Crippen molar-refractivity contribution in [3.05, 3.63) is 47.3 Å². The molecule has 1 atom stereocenters. The largest absolute Gasteiger partial charge is 0.451 e. The Kier molecular flexibility index (Phi) is 5.22. The number of hydrogen-bond donors (Lipinski definition) is 3. The van der Waals surface area contributed by atoms with E-state index in [1.165, 1.54) is 42.0 Å². The van der Waals surface area contributed by atoms with Crippen molar-refractivity contribution < 1.29 is 31.6 Å². The van der Waals surface area contributed by atoms with E-state index in [4.69, 9.17) is 21.2 Å². The minimum atomic E-state index is -4.17. The van der Waals surface area contributed by atoms with Gasteiger partial charge in [0.1, 0.15) is 5.58 Å².